The van der Waals surface area contributed by atoms with E-state index in [9.17, 15) is 14.7 Å². The Hall–Kier alpha value is -2.73. The first-order valence-corrected chi connectivity index (χ1v) is 8.07. The lowest BCUT2D eigenvalue weighted by molar-refractivity contribution is -0.148. The lowest BCUT2D eigenvalue weighted by Crippen LogP contribution is -2.46. The molecule has 6 heteroatoms. The van der Waals surface area contributed by atoms with Crippen LogP contribution in [0.15, 0.2) is 42.7 Å². The van der Waals surface area contributed by atoms with Crippen LogP contribution in [0.1, 0.15) is 40.1 Å². The van der Waals surface area contributed by atoms with Crippen molar-refractivity contribution in [3.8, 4) is 0 Å². The average molecular weight is 342 g/mol. The van der Waals surface area contributed by atoms with Crippen molar-refractivity contribution in [3.05, 3.63) is 65.0 Å². The highest BCUT2D eigenvalue weighted by Gasteiger charge is 2.31. The zero-order chi connectivity index (χ0) is 18.4. The van der Waals surface area contributed by atoms with Gasteiger partial charge in [-0.15, -0.1) is 0 Å². The number of hydrogen-bond donors (Lipinski definition) is 2. The van der Waals surface area contributed by atoms with Crippen molar-refractivity contribution in [2.24, 2.45) is 0 Å². The van der Waals surface area contributed by atoms with Gasteiger partial charge < -0.3 is 15.2 Å². The molecule has 0 saturated heterocycles. The number of hydrogen-bond acceptors (Lipinski definition) is 5. The van der Waals surface area contributed by atoms with Crippen LogP contribution in [0.4, 0.5) is 0 Å². The second-order valence-corrected chi connectivity index (χ2v) is 5.68. The fraction of sp³-hybridized carbons (Fsp3) is 0.316. The number of nitrogens with zero attached hydrogens (tertiary/aromatic N) is 1. The van der Waals surface area contributed by atoms with Crippen molar-refractivity contribution in [1.82, 2.24) is 10.3 Å². The summed E-state index contributed by atoms with van der Waals surface area (Å²) in [5.41, 5.74) is 2.65. The summed E-state index contributed by atoms with van der Waals surface area (Å²) < 4.78 is 5.00. The summed E-state index contributed by atoms with van der Waals surface area (Å²) in [7, 11) is 0. The highest BCUT2D eigenvalue weighted by molar-refractivity contribution is 5.98. The van der Waals surface area contributed by atoms with E-state index in [1.54, 1.807) is 37.4 Å². The van der Waals surface area contributed by atoms with Gasteiger partial charge >= 0.3 is 5.97 Å². The van der Waals surface area contributed by atoms with E-state index in [0.29, 0.717) is 11.1 Å². The molecule has 0 bridgehead atoms. The number of aliphatic hydroxyl groups is 1. The number of aromatic nitrogens is 1. The Labute approximate surface area is 146 Å². The Morgan fingerprint density at radius 1 is 1.24 bits per heavy atom. The molecular formula is C19H22N2O4. The monoisotopic (exact) mass is 342 g/mol. The first-order valence-electron chi connectivity index (χ1n) is 8.07. The third-order valence-electron chi connectivity index (χ3n) is 4.02. The standard InChI is InChI=1S/C19H22N2O4/c1-4-25-19(24)16(17(22)14-8-6-10-20-11-14)21-18(23)15-9-5-7-12(2)13(15)3/h5-11,16-17,22H,4H2,1-3H3,(H,21,23). The second-order valence-electron chi connectivity index (χ2n) is 5.68. The van der Waals surface area contributed by atoms with Crippen molar-refractivity contribution in [2.45, 2.75) is 32.9 Å². The molecular weight excluding hydrogens is 320 g/mol. The van der Waals surface area contributed by atoms with Gasteiger partial charge in [0, 0.05) is 23.5 Å². The van der Waals surface area contributed by atoms with Gasteiger partial charge in [0.25, 0.3) is 5.91 Å². The average Bonchev–Trinajstić information content (AvgIpc) is 2.62. The smallest absolute Gasteiger partial charge is 0.331 e. The summed E-state index contributed by atoms with van der Waals surface area (Å²) in [5.74, 6) is -1.14. The normalized spacial score (nSPS) is 13.0. The number of rotatable bonds is 6. The maximum Gasteiger partial charge on any atom is 0.331 e. The quantitative estimate of drug-likeness (QED) is 0.785. The minimum Gasteiger partial charge on any atom is -0.464 e. The molecule has 1 heterocycles. The van der Waals surface area contributed by atoms with Crippen LogP contribution in [0.25, 0.3) is 0 Å². The zero-order valence-corrected chi connectivity index (χ0v) is 14.5. The summed E-state index contributed by atoms with van der Waals surface area (Å²) in [4.78, 5) is 28.8. The highest BCUT2D eigenvalue weighted by Crippen LogP contribution is 2.19. The van der Waals surface area contributed by atoms with E-state index in [-0.39, 0.29) is 6.61 Å². The predicted molar refractivity (Wildman–Crippen MR) is 93.0 cm³/mol. The van der Waals surface area contributed by atoms with Crippen LogP contribution in [0.2, 0.25) is 0 Å². The van der Waals surface area contributed by atoms with Gasteiger partial charge in [-0.25, -0.2) is 4.79 Å². The van der Waals surface area contributed by atoms with Crippen LogP contribution in [0, 0.1) is 13.8 Å². The highest BCUT2D eigenvalue weighted by atomic mass is 16.5. The van der Waals surface area contributed by atoms with Gasteiger partial charge in [0.2, 0.25) is 0 Å². The number of ether oxygens (including phenoxy) is 1. The van der Waals surface area contributed by atoms with E-state index in [1.807, 2.05) is 19.9 Å². The van der Waals surface area contributed by atoms with E-state index in [4.69, 9.17) is 4.74 Å². The Morgan fingerprint density at radius 2 is 2.00 bits per heavy atom. The molecule has 2 unspecified atom stereocenters. The molecule has 1 aromatic carbocycles. The van der Waals surface area contributed by atoms with Gasteiger partial charge in [-0.05, 0) is 44.0 Å². The molecule has 0 fully saturated rings. The largest absolute Gasteiger partial charge is 0.464 e. The SMILES string of the molecule is CCOC(=O)C(NC(=O)c1cccc(C)c1C)C(O)c1cccnc1. The van der Waals surface area contributed by atoms with Crippen molar-refractivity contribution >= 4 is 11.9 Å². The number of nitrogens with one attached hydrogen (secondary N) is 1. The van der Waals surface area contributed by atoms with Crippen molar-refractivity contribution in [1.29, 1.82) is 0 Å². The van der Waals surface area contributed by atoms with E-state index in [2.05, 4.69) is 10.3 Å². The fourth-order valence-electron chi connectivity index (χ4n) is 2.46. The Morgan fingerprint density at radius 3 is 2.64 bits per heavy atom. The molecule has 2 aromatic rings. The molecule has 2 N–H and O–H groups in total. The van der Waals surface area contributed by atoms with Gasteiger partial charge in [-0.3, -0.25) is 9.78 Å². The molecule has 6 nitrogen and oxygen atoms in total. The van der Waals surface area contributed by atoms with Crippen LogP contribution < -0.4 is 5.32 Å². The zero-order valence-electron chi connectivity index (χ0n) is 14.5. The van der Waals surface area contributed by atoms with Gasteiger partial charge in [-0.1, -0.05) is 18.2 Å². The molecule has 0 aliphatic carbocycles. The molecule has 0 aliphatic rings. The second kappa shape index (κ2) is 8.39. The first kappa shape index (κ1) is 18.6. The van der Waals surface area contributed by atoms with Crippen molar-refractivity contribution in [2.75, 3.05) is 6.61 Å². The first-order chi connectivity index (χ1) is 12.0. The molecule has 132 valence electrons. The molecule has 25 heavy (non-hydrogen) atoms. The summed E-state index contributed by atoms with van der Waals surface area (Å²) in [6.45, 7) is 5.55. The Bertz CT molecular complexity index is 746. The molecule has 1 amide bonds. The summed E-state index contributed by atoms with van der Waals surface area (Å²) in [6, 6.07) is 7.40. The lowest BCUT2D eigenvalue weighted by atomic mass is 10.0. The summed E-state index contributed by atoms with van der Waals surface area (Å²) in [5, 5.41) is 13.1. The molecule has 0 aliphatic heterocycles. The van der Waals surface area contributed by atoms with E-state index in [0.717, 1.165) is 11.1 Å². The Balaban J connectivity index is 2.28. The van der Waals surface area contributed by atoms with Crippen LogP contribution >= 0.6 is 0 Å². The number of esters is 1. The number of carbonyl (C=O) groups excluding carboxylic acids is 2. The van der Waals surface area contributed by atoms with Crippen LogP contribution in [0.5, 0.6) is 0 Å². The number of aliphatic hydroxyl groups excluding tert-OH is 1. The molecule has 0 spiro atoms. The third kappa shape index (κ3) is 4.42. The lowest BCUT2D eigenvalue weighted by Gasteiger charge is -2.23. The van der Waals surface area contributed by atoms with E-state index in [1.165, 1.54) is 6.20 Å². The van der Waals surface area contributed by atoms with Gasteiger partial charge in [0.15, 0.2) is 6.04 Å². The van der Waals surface area contributed by atoms with E-state index >= 15 is 0 Å². The fourth-order valence-corrected chi connectivity index (χ4v) is 2.46. The summed E-state index contributed by atoms with van der Waals surface area (Å²) >= 11 is 0. The van der Waals surface area contributed by atoms with Crippen molar-refractivity contribution < 1.29 is 19.4 Å². The third-order valence-corrected chi connectivity index (χ3v) is 4.02. The van der Waals surface area contributed by atoms with Gasteiger partial charge in [0.1, 0.15) is 6.10 Å². The summed E-state index contributed by atoms with van der Waals surface area (Å²) in [6.07, 6.45) is 1.74. The topological polar surface area (TPSA) is 88.5 Å². The predicted octanol–water partition coefficient (Wildman–Crippen LogP) is 2.09. The maximum atomic E-state index is 12.6. The van der Waals surface area contributed by atoms with Gasteiger partial charge in [-0.2, -0.15) is 0 Å². The van der Waals surface area contributed by atoms with Crippen LogP contribution in [-0.4, -0.2) is 34.6 Å². The molecule has 2 atom stereocenters. The Kier molecular flexibility index (Phi) is 6.25. The molecule has 0 radical (unpaired) electrons. The number of benzene rings is 1. The van der Waals surface area contributed by atoms with Crippen molar-refractivity contribution in [3.63, 3.8) is 0 Å². The molecule has 1 aromatic heterocycles. The van der Waals surface area contributed by atoms with Crippen LogP contribution in [0.3, 0.4) is 0 Å². The molecule has 2 rings (SSSR count). The number of aryl methyl sites for hydroxylation is 1. The minimum atomic E-state index is -1.26. The van der Waals surface area contributed by atoms with Crippen LogP contribution in [-0.2, 0) is 9.53 Å². The van der Waals surface area contributed by atoms with Gasteiger partial charge in [0.05, 0.1) is 6.61 Å². The van der Waals surface area contributed by atoms with E-state index < -0.39 is 24.0 Å². The number of pyridine rings is 1. The minimum absolute atomic E-state index is 0.147. The molecule has 0 saturated carbocycles. The number of amides is 1. The number of carbonyl (C=O) groups is 2. The maximum absolute atomic E-state index is 12.6.